The van der Waals surface area contributed by atoms with E-state index in [-0.39, 0.29) is 5.56 Å². The Hall–Kier alpha value is -1.66. The zero-order chi connectivity index (χ0) is 12.1. The summed E-state index contributed by atoms with van der Waals surface area (Å²) in [4.78, 5) is 14.8. The van der Waals surface area contributed by atoms with Crippen molar-refractivity contribution in [3.63, 3.8) is 0 Å². The van der Waals surface area contributed by atoms with Gasteiger partial charge in [0.2, 0.25) is 0 Å². The lowest BCUT2D eigenvalue weighted by Gasteiger charge is -2.17. The number of pyridine rings is 1. The Morgan fingerprint density at radius 2 is 2.12 bits per heavy atom. The molecule has 2 unspecified atom stereocenters. The van der Waals surface area contributed by atoms with Crippen LogP contribution in [0.15, 0.2) is 18.5 Å². The number of carbonyl (C=O) groups excluding carboxylic acids is 1. The SMILES string of the molecule is COC(=O)C(O)C(O)c1cnccc1OC. The molecule has 0 radical (unpaired) electrons. The highest BCUT2D eigenvalue weighted by Crippen LogP contribution is 2.26. The summed E-state index contributed by atoms with van der Waals surface area (Å²) in [5.74, 6) is -0.580. The number of aromatic nitrogens is 1. The number of hydrogen-bond donors (Lipinski definition) is 2. The summed E-state index contributed by atoms with van der Waals surface area (Å²) in [6.07, 6.45) is -0.311. The molecule has 16 heavy (non-hydrogen) atoms. The van der Waals surface area contributed by atoms with Crippen LogP contribution in [-0.2, 0) is 9.53 Å². The van der Waals surface area contributed by atoms with Gasteiger partial charge in [-0.15, -0.1) is 0 Å². The van der Waals surface area contributed by atoms with E-state index in [2.05, 4.69) is 9.72 Å². The molecule has 2 N–H and O–H groups in total. The van der Waals surface area contributed by atoms with E-state index < -0.39 is 18.2 Å². The molecule has 0 bridgehead atoms. The van der Waals surface area contributed by atoms with Crippen LogP contribution in [0.3, 0.4) is 0 Å². The average Bonchev–Trinajstić information content (AvgIpc) is 2.35. The largest absolute Gasteiger partial charge is 0.496 e. The number of esters is 1. The third kappa shape index (κ3) is 2.47. The Morgan fingerprint density at radius 1 is 1.44 bits per heavy atom. The van der Waals surface area contributed by atoms with Gasteiger partial charge in [-0.2, -0.15) is 0 Å². The fourth-order valence-corrected chi connectivity index (χ4v) is 1.22. The lowest BCUT2D eigenvalue weighted by atomic mass is 10.1. The molecule has 0 saturated heterocycles. The van der Waals surface area contributed by atoms with Crippen LogP contribution in [0.25, 0.3) is 0 Å². The van der Waals surface area contributed by atoms with Gasteiger partial charge in [0.15, 0.2) is 6.10 Å². The van der Waals surface area contributed by atoms with E-state index in [1.807, 2.05) is 0 Å². The highest BCUT2D eigenvalue weighted by atomic mass is 16.5. The van der Waals surface area contributed by atoms with Crippen LogP contribution in [0.5, 0.6) is 5.75 Å². The van der Waals surface area contributed by atoms with Crippen molar-refractivity contribution < 1.29 is 24.5 Å². The molecule has 1 aromatic rings. The second kappa shape index (κ2) is 5.43. The lowest BCUT2D eigenvalue weighted by molar-refractivity contribution is -0.156. The maximum absolute atomic E-state index is 11.0. The fourth-order valence-electron chi connectivity index (χ4n) is 1.22. The minimum Gasteiger partial charge on any atom is -0.496 e. The maximum atomic E-state index is 11.0. The van der Waals surface area contributed by atoms with Crippen molar-refractivity contribution in [2.75, 3.05) is 14.2 Å². The molecule has 0 aromatic carbocycles. The molecule has 1 heterocycles. The molecule has 1 rings (SSSR count). The zero-order valence-electron chi connectivity index (χ0n) is 8.95. The molecule has 0 aliphatic heterocycles. The van der Waals surface area contributed by atoms with Gasteiger partial charge in [0.05, 0.1) is 14.2 Å². The molecule has 6 heteroatoms. The highest BCUT2D eigenvalue weighted by molar-refractivity contribution is 5.75. The van der Waals surface area contributed by atoms with Gasteiger partial charge >= 0.3 is 5.97 Å². The molecule has 2 atom stereocenters. The molecule has 0 amide bonds. The van der Waals surface area contributed by atoms with Gasteiger partial charge in [0.1, 0.15) is 11.9 Å². The van der Waals surface area contributed by atoms with Crippen LogP contribution >= 0.6 is 0 Å². The van der Waals surface area contributed by atoms with Crippen LogP contribution in [0.4, 0.5) is 0 Å². The van der Waals surface area contributed by atoms with Crippen LogP contribution in [0.2, 0.25) is 0 Å². The van der Waals surface area contributed by atoms with Gasteiger partial charge in [-0.05, 0) is 6.07 Å². The Balaban J connectivity index is 2.95. The number of aliphatic hydroxyl groups is 2. The molecule has 0 aliphatic rings. The topological polar surface area (TPSA) is 88.9 Å². The summed E-state index contributed by atoms with van der Waals surface area (Å²) in [7, 11) is 2.54. The summed E-state index contributed by atoms with van der Waals surface area (Å²) >= 11 is 0. The van der Waals surface area contributed by atoms with Crippen LogP contribution in [-0.4, -0.2) is 41.5 Å². The smallest absolute Gasteiger partial charge is 0.337 e. The van der Waals surface area contributed by atoms with Crippen LogP contribution in [0, 0.1) is 0 Å². The first-order valence-corrected chi connectivity index (χ1v) is 4.53. The van der Waals surface area contributed by atoms with Crippen molar-refractivity contribution in [2.24, 2.45) is 0 Å². The van der Waals surface area contributed by atoms with Crippen molar-refractivity contribution in [3.05, 3.63) is 24.0 Å². The van der Waals surface area contributed by atoms with Crippen molar-refractivity contribution in [3.8, 4) is 5.75 Å². The third-order valence-corrected chi connectivity index (χ3v) is 2.09. The molecule has 0 spiro atoms. The Morgan fingerprint density at radius 3 is 2.69 bits per heavy atom. The molecule has 0 fully saturated rings. The second-order valence-electron chi connectivity index (χ2n) is 3.03. The summed E-state index contributed by atoms with van der Waals surface area (Å²) in [6, 6.07) is 1.52. The van der Waals surface area contributed by atoms with Crippen molar-refractivity contribution >= 4 is 5.97 Å². The predicted octanol–water partition coefficient (Wildman–Crippen LogP) is -0.343. The number of nitrogens with zero attached hydrogens (tertiary/aromatic N) is 1. The molecule has 0 aliphatic carbocycles. The summed E-state index contributed by atoms with van der Waals surface area (Å²) in [6.45, 7) is 0. The van der Waals surface area contributed by atoms with Crippen LogP contribution in [0.1, 0.15) is 11.7 Å². The summed E-state index contributed by atoms with van der Waals surface area (Å²) in [5.41, 5.74) is 0.225. The van der Waals surface area contributed by atoms with Gasteiger partial charge in [-0.1, -0.05) is 0 Å². The normalized spacial score (nSPS) is 14.0. The zero-order valence-corrected chi connectivity index (χ0v) is 8.95. The molecular weight excluding hydrogens is 214 g/mol. The first-order chi connectivity index (χ1) is 7.61. The Bertz CT molecular complexity index is 368. The Labute approximate surface area is 92.5 Å². The van der Waals surface area contributed by atoms with Crippen molar-refractivity contribution in [1.29, 1.82) is 0 Å². The Kier molecular flexibility index (Phi) is 4.21. The van der Waals surface area contributed by atoms with Gasteiger partial charge in [-0.25, -0.2) is 4.79 Å². The van der Waals surface area contributed by atoms with E-state index in [0.717, 1.165) is 7.11 Å². The number of ether oxygens (including phenoxy) is 2. The van der Waals surface area contributed by atoms with Crippen molar-refractivity contribution in [1.82, 2.24) is 4.98 Å². The molecule has 88 valence electrons. The third-order valence-electron chi connectivity index (χ3n) is 2.09. The van der Waals surface area contributed by atoms with Crippen molar-refractivity contribution in [2.45, 2.75) is 12.2 Å². The lowest BCUT2D eigenvalue weighted by Crippen LogP contribution is -2.29. The van der Waals surface area contributed by atoms with E-state index in [1.54, 1.807) is 0 Å². The quantitative estimate of drug-likeness (QED) is 0.684. The van der Waals surface area contributed by atoms with Gasteiger partial charge in [0.25, 0.3) is 0 Å². The first kappa shape index (κ1) is 12.4. The van der Waals surface area contributed by atoms with Crippen LogP contribution < -0.4 is 4.74 Å². The van der Waals surface area contributed by atoms with Gasteiger partial charge < -0.3 is 19.7 Å². The maximum Gasteiger partial charge on any atom is 0.337 e. The van der Waals surface area contributed by atoms with E-state index in [1.165, 1.54) is 25.6 Å². The number of methoxy groups -OCH3 is 2. The standard InChI is InChI=1S/C10H13NO5/c1-15-7-3-4-11-5-6(7)8(12)9(13)10(14)16-2/h3-5,8-9,12-13H,1-2H3. The minimum atomic E-state index is -1.66. The molecule has 6 nitrogen and oxygen atoms in total. The van der Waals surface area contributed by atoms with Gasteiger partial charge in [0, 0.05) is 18.0 Å². The average molecular weight is 227 g/mol. The number of rotatable bonds is 4. The predicted molar refractivity (Wildman–Crippen MR) is 53.8 cm³/mol. The van der Waals surface area contributed by atoms with E-state index in [4.69, 9.17) is 4.74 Å². The molecule has 1 aromatic heterocycles. The number of hydrogen-bond acceptors (Lipinski definition) is 6. The fraction of sp³-hybridized carbons (Fsp3) is 0.400. The first-order valence-electron chi connectivity index (χ1n) is 4.53. The number of aliphatic hydroxyl groups excluding tert-OH is 2. The van der Waals surface area contributed by atoms with E-state index in [0.29, 0.717) is 5.75 Å². The molecule has 0 saturated carbocycles. The second-order valence-corrected chi connectivity index (χ2v) is 3.03. The van der Waals surface area contributed by atoms with Gasteiger partial charge in [-0.3, -0.25) is 4.98 Å². The highest BCUT2D eigenvalue weighted by Gasteiger charge is 2.28. The summed E-state index contributed by atoms with van der Waals surface area (Å²) in [5, 5.41) is 19.2. The van der Waals surface area contributed by atoms with E-state index >= 15 is 0 Å². The minimum absolute atomic E-state index is 0.225. The summed E-state index contributed by atoms with van der Waals surface area (Å²) < 4.78 is 9.28. The number of carbonyl (C=O) groups is 1. The van der Waals surface area contributed by atoms with E-state index in [9.17, 15) is 15.0 Å². The molecular formula is C10H13NO5. The monoisotopic (exact) mass is 227 g/mol.